The first-order chi connectivity index (χ1) is 8.10. The van der Waals surface area contributed by atoms with Gasteiger partial charge in [0, 0.05) is 19.2 Å². The van der Waals surface area contributed by atoms with Gasteiger partial charge in [-0.25, -0.2) is 4.98 Å². The van der Waals surface area contributed by atoms with Gasteiger partial charge in [0.25, 0.3) is 0 Å². The average Bonchev–Trinajstić information content (AvgIpc) is 2.28. The molecule has 0 amide bonds. The van der Waals surface area contributed by atoms with Crippen molar-refractivity contribution in [2.75, 3.05) is 30.3 Å². The van der Waals surface area contributed by atoms with Crippen LogP contribution < -0.4 is 16.4 Å². The van der Waals surface area contributed by atoms with E-state index in [0.29, 0.717) is 24.8 Å². The fourth-order valence-electron chi connectivity index (χ4n) is 1.85. The van der Waals surface area contributed by atoms with E-state index < -0.39 is 0 Å². The number of nitrogen functional groups attached to an aromatic ring is 1. The Balaban J connectivity index is 2.24. The van der Waals surface area contributed by atoms with E-state index in [4.69, 9.17) is 27.8 Å². The van der Waals surface area contributed by atoms with Gasteiger partial charge in [0.15, 0.2) is 0 Å². The summed E-state index contributed by atoms with van der Waals surface area (Å²) in [5.41, 5.74) is 11.2. The number of anilines is 2. The molecule has 1 fully saturated rings. The fourth-order valence-corrected chi connectivity index (χ4v) is 2.03. The molecule has 1 aliphatic heterocycles. The molecule has 0 saturated carbocycles. The summed E-state index contributed by atoms with van der Waals surface area (Å²) >= 11 is 5.87. The Hall–Kier alpha value is -1.11. The van der Waals surface area contributed by atoms with Crippen LogP contribution in [0.5, 0.6) is 0 Å². The first kappa shape index (κ1) is 12.3. The SMILES string of the molecule is C[C@@H]1CO[C@H](CN)CN1c1cc(Cl)nc(N)n1. The zero-order valence-electron chi connectivity index (χ0n) is 9.64. The Kier molecular flexibility index (Phi) is 3.66. The number of aromatic nitrogens is 2. The molecule has 0 spiro atoms. The van der Waals surface area contributed by atoms with Crippen LogP contribution in [0.4, 0.5) is 11.8 Å². The summed E-state index contributed by atoms with van der Waals surface area (Å²) in [6.07, 6.45) is 0.0150. The summed E-state index contributed by atoms with van der Waals surface area (Å²) in [4.78, 5) is 10.1. The van der Waals surface area contributed by atoms with Crippen molar-refractivity contribution in [3.63, 3.8) is 0 Å². The maximum Gasteiger partial charge on any atom is 0.223 e. The van der Waals surface area contributed by atoms with Crippen molar-refractivity contribution in [2.45, 2.75) is 19.1 Å². The Labute approximate surface area is 105 Å². The highest BCUT2D eigenvalue weighted by Gasteiger charge is 2.26. The van der Waals surface area contributed by atoms with Gasteiger partial charge in [0.2, 0.25) is 5.95 Å². The predicted molar refractivity (Wildman–Crippen MR) is 67.1 cm³/mol. The van der Waals surface area contributed by atoms with Gasteiger partial charge in [0.1, 0.15) is 11.0 Å². The van der Waals surface area contributed by atoms with E-state index in [9.17, 15) is 0 Å². The molecular formula is C10H16ClN5O. The van der Waals surface area contributed by atoms with Crippen molar-refractivity contribution < 1.29 is 4.74 Å². The Bertz CT molecular complexity index is 382. The summed E-state index contributed by atoms with van der Waals surface area (Å²) in [5, 5.41) is 0.343. The largest absolute Gasteiger partial charge is 0.373 e. The maximum atomic E-state index is 5.87. The standard InChI is InChI=1S/C10H16ClN5O/c1-6-5-17-7(3-12)4-16(6)9-2-8(11)14-10(13)15-9/h2,6-7H,3-5,12H2,1H3,(H2,13,14,15)/t6-,7-/m1/s1. The molecule has 0 aliphatic carbocycles. The number of hydrogen-bond acceptors (Lipinski definition) is 6. The summed E-state index contributed by atoms with van der Waals surface area (Å²) in [6, 6.07) is 1.91. The van der Waals surface area contributed by atoms with Crippen LogP contribution >= 0.6 is 11.6 Å². The lowest BCUT2D eigenvalue weighted by Gasteiger charge is -2.38. The van der Waals surface area contributed by atoms with E-state index >= 15 is 0 Å². The molecule has 4 N–H and O–H groups in total. The molecule has 0 unspecified atom stereocenters. The minimum Gasteiger partial charge on any atom is -0.373 e. The summed E-state index contributed by atoms with van der Waals surface area (Å²) in [5.74, 6) is 0.896. The zero-order chi connectivity index (χ0) is 12.4. The molecule has 0 bridgehead atoms. The van der Waals surface area contributed by atoms with E-state index in [1.54, 1.807) is 6.07 Å². The summed E-state index contributed by atoms with van der Waals surface area (Å²) in [7, 11) is 0. The van der Waals surface area contributed by atoms with E-state index in [0.717, 1.165) is 5.82 Å². The third-order valence-corrected chi connectivity index (χ3v) is 2.95. The maximum absolute atomic E-state index is 5.87. The Morgan fingerprint density at radius 1 is 1.59 bits per heavy atom. The monoisotopic (exact) mass is 257 g/mol. The van der Waals surface area contributed by atoms with Crippen molar-refractivity contribution in [1.29, 1.82) is 0 Å². The topological polar surface area (TPSA) is 90.3 Å². The second-order valence-electron chi connectivity index (χ2n) is 4.10. The highest BCUT2D eigenvalue weighted by atomic mass is 35.5. The van der Waals surface area contributed by atoms with Crippen LogP contribution in [0.2, 0.25) is 5.15 Å². The van der Waals surface area contributed by atoms with Crippen LogP contribution in [0.15, 0.2) is 6.07 Å². The van der Waals surface area contributed by atoms with Gasteiger partial charge in [0.05, 0.1) is 18.8 Å². The van der Waals surface area contributed by atoms with Crippen molar-refractivity contribution in [1.82, 2.24) is 9.97 Å². The molecule has 2 rings (SSSR count). The second kappa shape index (κ2) is 5.03. The number of nitrogens with zero attached hydrogens (tertiary/aromatic N) is 3. The van der Waals surface area contributed by atoms with E-state index in [1.165, 1.54) is 0 Å². The Morgan fingerprint density at radius 2 is 2.35 bits per heavy atom. The van der Waals surface area contributed by atoms with Gasteiger partial charge in [-0.2, -0.15) is 4.98 Å². The lowest BCUT2D eigenvalue weighted by atomic mass is 10.2. The molecule has 2 atom stereocenters. The van der Waals surface area contributed by atoms with Crippen molar-refractivity contribution >= 4 is 23.4 Å². The van der Waals surface area contributed by atoms with Crippen LogP contribution in [0, 0.1) is 0 Å². The van der Waals surface area contributed by atoms with Crippen LogP contribution in [0.3, 0.4) is 0 Å². The summed E-state index contributed by atoms with van der Waals surface area (Å²) < 4.78 is 5.58. The third-order valence-electron chi connectivity index (χ3n) is 2.76. The third kappa shape index (κ3) is 2.77. The second-order valence-corrected chi connectivity index (χ2v) is 4.49. The molecule has 2 heterocycles. The Morgan fingerprint density at radius 3 is 3.00 bits per heavy atom. The van der Waals surface area contributed by atoms with E-state index in [-0.39, 0.29) is 18.1 Å². The zero-order valence-corrected chi connectivity index (χ0v) is 10.4. The number of morpholine rings is 1. The number of rotatable bonds is 2. The number of ether oxygens (including phenoxy) is 1. The quantitative estimate of drug-likeness (QED) is 0.739. The first-order valence-corrected chi connectivity index (χ1v) is 5.86. The van der Waals surface area contributed by atoms with E-state index in [2.05, 4.69) is 21.8 Å². The van der Waals surface area contributed by atoms with Gasteiger partial charge in [-0.3, -0.25) is 0 Å². The molecule has 1 aliphatic rings. The number of hydrogen-bond donors (Lipinski definition) is 2. The molecule has 1 saturated heterocycles. The van der Waals surface area contributed by atoms with Crippen molar-refractivity contribution in [3.8, 4) is 0 Å². The van der Waals surface area contributed by atoms with Crippen molar-refractivity contribution in [2.24, 2.45) is 5.73 Å². The molecular weight excluding hydrogens is 242 g/mol. The van der Waals surface area contributed by atoms with Gasteiger partial charge >= 0.3 is 0 Å². The fraction of sp³-hybridized carbons (Fsp3) is 0.600. The molecule has 94 valence electrons. The molecule has 1 aromatic heterocycles. The highest BCUT2D eigenvalue weighted by Crippen LogP contribution is 2.22. The van der Waals surface area contributed by atoms with E-state index in [1.807, 2.05) is 0 Å². The first-order valence-electron chi connectivity index (χ1n) is 5.48. The molecule has 17 heavy (non-hydrogen) atoms. The van der Waals surface area contributed by atoms with Gasteiger partial charge in [-0.1, -0.05) is 11.6 Å². The molecule has 0 aromatic carbocycles. The smallest absolute Gasteiger partial charge is 0.223 e. The van der Waals surface area contributed by atoms with Gasteiger partial charge in [-0.05, 0) is 6.92 Å². The average molecular weight is 258 g/mol. The normalized spacial score (nSPS) is 25.0. The van der Waals surface area contributed by atoms with Gasteiger partial charge < -0.3 is 21.1 Å². The van der Waals surface area contributed by atoms with Crippen LogP contribution in [0.25, 0.3) is 0 Å². The number of nitrogens with two attached hydrogens (primary N) is 2. The lowest BCUT2D eigenvalue weighted by Crippen LogP contribution is -2.51. The van der Waals surface area contributed by atoms with Crippen molar-refractivity contribution in [3.05, 3.63) is 11.2 Å². The van der Waals surface area contributed by atoms with Gasteiger partial charge in [-0.15, -0.1) is 0 Å². The molecule has 6 nitrogen and oxygen atoms in total. The predicted octanol–water partition coefficient (Wildman–Crippen LogP) is 0.265. The molecule has 0 radical (unpaired) electrons. The summed E-state index contributed by atoms with van der Waals surface area (Å²) in [6.45, 7) is 3.84. The molecule has 7 heteroatoms. The van der Waals surface area contributed by atoms with Crippen LogP contribution in [-0.2, 0) is 4.74 Å². The minimum atomic E-state index is 0.0150. The highest BCUT2D eigenvalue weighted by molar-refractivity contribution is 6.29. The van der Waals surface area contributed by atoms with Crippen LogP contribution in [0.1, 0.15) is 6.92 Å². The minimum absolute atomic E-state index is 0.0150. The molecule has 1 aromatic rings. The van der Waals surface area contributed by atoms with Crippen LogP contribution in [-0.4, -0.2) is 41.8 Å². The lowest BCUT2D eigenvalue weighted by molar-refractivity contribution is 0.0280. The number of halogens is 1.